The van der Waals surface area contributed by atoms with E-state index in [1.165, 1.54) is 0 Å². The van der Waals surface area contributed by atoms with Crippen molar-refractivity contribution in [3.8, 4) is 5.75 Å². The van der Waals surface area contributed by atoms with Crippen LogP contribution in [0.1, 0.15) is 28.9 Å². The van der Waals surface area contributed by atoms with E-state index in [0.717, 1.165) is 16.7 Å². The maximum absolute atomic E-state index is 9.82. The molecule has 1 N–H and O–H groups in total. The molecule has 3 aliphatic rings. The van der Waals surface area contributed by atoms with Crippen molar-refractivity contribution < 1.29 is 19.3 Å². The number of epoxide rings is 2. The summed E-state index contributed by atoms with van der Waals surface area (Å²) in [5.41, 5.74) is 3.17. The third kappa shape index (κ3) is 1.41. The van der Waals surface area contributed by atoms with Crippen LogP contribution in [0.2, 0.25) is 0 Å². The SMILES string of the molecule is Cc1c(O)ccc2c1C1OC1COCC1OC21. The normalized spacial score (nSPS) is 37.9. The second-order valence-corrected chi connectivity index (χ2v) is 4.94. The number of phenolic OH excluding ortho intramolecular Hbond substituents is 1. The van der Waals surface area contributed by atoms with Gasteiger partial charge >= 0.3 is 0 Å². The molecule has 0 bridgehead atoms. The molecule has 90 valence electrons. The van der Waals surface area contributed by atoms with Gasteiger partial charge in [0.05, 0.1) is 13.2 Å². The summed E-state index contributed by atoms with van der Waals surface area (Å²) in [7, 11) is 0. The van der Waals surface area contributed by atoms with Crippen LogP contribution >= 0.6 is 0 Å². The summed E-state index contributed by atoms with van der Waals surface area (Å²) in [6.45, 7) is 3.19. The highest BCUT2D eigenvalue weighted by Gasteiger charge is 2.50. The largest absolute Gasteiger partial charge is 0.508 e. The van der Waals surface area contributed by atoms with Crippen LogP contribution in [0, 0.1) is 6.92 Å². The molecule has 0 spiro atoms. The summed E-state index contributed by atoms with van der Waals surface area (Å²) >= 11 is 0. The van der Waals surface area contributed by atoms with Crippen molar-refractivity contribution in [1.82, 2.24) is 0 Å². The molecule has 4 unspecified atom stereocenters. The second-order valence-electron chi connectivity index (χ2n) is 4.94. The molecule has 0 aromatic heterocycles. The topological polar surface area (TPSA) is 54.5 Å². The van der Waals surface area contributed by atoms with Crippen LogP contribution in [0.4, 0.5) is 0 Å². The molecule has 2 fully saturated rings. The highest BCUT2D eigenvalue weighted by atomic mass is 16.6. The zero-order valence-electron chi connectivity index (χ0n) is 9.55. The van der Waals surface area contributed by atoms with E-state index >= 15 is 0 Å². The van der Waals surface area contributed by atoms with E-state index in [-0.39, 0.29) is 24.4 Å². The fraction of sp³-hybridized carbons (Fsp3) is 0.538. The summed E-state index contributed by atoms with van der Waals surface area (Å²) in [6, 6.07) is 3.69. The fourth-order valence-corrected chi connectivity index (χ4v) is 2.73. The molecule has 4 atom stereocenters. The number of aromatic hydroxyl groups is 1. The first kappa shape index (κ1) is 9.88. The Morgan fingerprint density at radius 1 is 1.12 bits per heavy atom. The zero-order valence-corrected chi connectivity index (χ0v) is 9.55. The van der Waals surface area contributed by atoms with Gasteiger partial charge in [0.2, 0.25) is 0 Å². The number of hydrogen-bond acceptors (Lipinski definition) is 4. The number of benzene rings is 1. The van der Waals surface area contributed by atoms with Crippen LogP contribution in [0.3, 0.4) is 0 Å². The van der Waals surface area contributed by atoms with Crippen molar-refractivity contribution in [2.75, 3.05) is 13.2 Å². The third-order valence-corrected chi connectivity index (χ3v) is 3.84. The van der Waals surface area contributed by atoms with Crippen LogP contribution in [-0.2, 0) is 14.2 Å². The fourth-order valence-electron chi connectivity index (χ4n) is 2.73. The molecule has 1 aromatic carbocycles. The standard InChI is InChI=1S/C13H14O4/c1-6-8(14)3-2-7-11(6)13-10(17-13)5-15-4-9-12(7)16-9/h2-3,9-10,12-14H,4-5H2,1H3. The monoisotopic (exact) mass is 234 g/mol. The lowest BCUT2D eigenvalue weighted by atomic mass is 9.94. The van der Waals surface area contributed by atoms with Gasteiger partial charge in [0.15, 0.2) is 0 Å². The predicted octanol–water partition coefficient (Wildman–Crippen LogP) is 1.61. The lowest BCUT2D eigenvalue weighted by Gasteiger charge is -2.10. The molecule has 0 amide bonds. The van der Waals surface area contributed by atoms with E-state index in [1.54, 1.807) is 6.07 Å². The number of phenols is 1. The summed E-state index contributed by atoms with van der Waals surface area (Å²) in [4.78, 5) is 0. The van der Waals surface area contributed by atoms with Gasteiger partial charge in [-0.1, -0.05) is 6.07 Å². The van der Waals surface area contributed by atoms with Gasteiger partial charge in [-0.25, -0.2) is 0 Å². The Morgan fingerprint density at radius 3 is 2.65 bits per heavy atom. The lowest BCUT2D eigenvalue weighted by molar-refractivity contribution is 0.102. The molecule has 4 heteroatoms. The highest BCUT2D eigenvalue weighted by molar-refractivity contribution is 5.48. The van der Waals surface area contributed by atoms with Crippen molar-refractivity contribution in [2.24, 2.45) is 0 Å². The van der Waals surface area contributed by atoms with E-state index in [1.807, 2.05) is 13.0 Å². The number of fused-ring (bicyclic) bond motifs is 5. The van der Waals surface area contributed by atoms with Crippen LogP contribution in [0.25, 0.3) is 0 Å². The molecule has 2 saturated heterocycles. The van der Waals surface area contributed by atoms with Gasteiger partial charge < -0.3 is 19.3 Å². The zero-order chi connectivity index (χ0) is 11.6. The first-order valence-electron chi connectivity index (χ1n) is 5.96. The Kier molecular flexibility index (Phi) is 1.87. The molecule has 1 aromatic rings. The third-order valence-electron chi connectivity index (χ3n) is 3.84. The van der Waals surface area contributed by atoms with Gasteiger partial charge in [-0.2, -0.15) is 0 Å². The molecule has 17 heavy (non-hydrogen) atoms. The smallest absolute Gasteiger partial charge is 0.118 e. The van der Waals surface area contributed by atoms with Crippen LogP contribution in [0.5, 0.6) is 5.75 Å². The Hall–Kier alpha value is -1.10. The molecule has 0 radical (unpaired) electrons. The molecule has 4 nitrogen and oxygen atoms in total. The number of ether oxygens (including phenoxy) is 3. The van der Waals surface area contributed by atoms with Crippen LogP contribution < -0.4 is 0 Å². The Labute approximate surface area is 99.1 Å². The van der Waals surface area contributed by atoms with Crippen molar-refractivity contribution in [3.63, 3.8) is 0 Å². The highest BCUT2D eigenvalue weighted by Crippen LogP contribution is 2.51. The van der Waals surface area contributed by atoms with E-state index in [0.29, 0.717) is 19.0 Å². The minimum atomic E-state index is 0.0695. The van der Waals surface area contributed by atoms with E-state index in [2.05, 4.69) is 0 Å². The van der Waals surface area contributed by atoms with Crippen molar-refractivity contribution in [3.05, 3.63) is 28.8 Å². The minimum Gasteiger partial charge on any atom is -0.508 e. The van der Waals surface area contributed by atoms with Gasteiger partial charge in [0, 0.05) is 0 Å². The predicted molar refractivity (Wildman–Crippen MR) is 58.9 cm³/mol. The lowest BCUT2D eigenvalue weighted by Crippen LogP contribution is -2.06. The average Bonchev–Trinajstić information content (AvgIpc) is 3.19. The van der Waals surface area contributed by atoms with E-state index < -0.39 is 0 Å². The molecule has 4 rings (SSSR count). The molecule has 0 saturated carbocycles. The van der Waals surface area contributed by atoms with Crippen molar-refractivity contribution in [1.29, 1.82) is 0 Å². The summed E-state index contributed by atoms with van der Waals surface area (Å²) in [5.74, 6) is 0.329. The molecule has 3 heterocycles. The Balaban J connectivity index is 1.85. The van der Waals surface area contributed by atoms with Gasteiger partial charge in [-0.15, -0.1) is 0 Å². The molecular formula is C13H14O4. The van der Waals surface area contributed by atoms with Crippen LogP contribution in [0.15, 0.2) is 12.1 Å². The van der Waals surface area contributed by atoms with E-state index in [9.17, 15) is 5.11 Å². The Bertz CT molecular complexity index is 485. The number of hydrogen-bond donors (Lipinski definition) is 1. The summed E-state index contributed by atoms with van der Waals surface area (Å²) in [5, 5.41) is 9.82. The number of rotatable bonds is 0. The van der Waals surface area contributed by atoms with Crippen LogP contribution in [-0.4, -0.2) is 30.5 Å². The van der Waals surface area contributed by atoms with E-state index in [4.69, 9.17) is 14.2 Å². The second kappa shape index (κ2) is 3.22. The maximum Gasteiger partial charge on any atom is 0.118 e. The first-order chi connectivity index (χ1) is 8.25. The Morgan fingerprint density at radius 2 is 1.82 bits per heavy atom. The average molecular weight is 234 g/mol. The first-order valence-corrected chi connectivity index (χ1v) is 5.96. The molecular weight excluding hydrogens is 220 g/mol. The summed E-state index contributed by atoms with van der Waals surface area (Å²) in [6.07, 6.45) is 0.509. The quantitative estimate of drug-likeness (QED) is 0.693. The minimum absolute atomic E-state index is 0.0695. The molecule has 0 aliphatic carbocycles. The van der Waals surface area contributed by atoms with Crippen molar-refractivity contribution >= 4 is 0 Å². The summed E-state index contributed by atoms with van der Waals surface area (Å²) < 4.78 is 16.8. The molecule has 3 aliphatic heterocycles. The van der Waals surface area contributed by atoms with Gasteiger partial charge in [0.25, 0.3) is 0 Å². The van der Waals surface area contributed by atoms with Crippen molar-refractivity contribution in [2.45, 2.75) is 31.3 Å². The van der Waals surface area contributed by atoms with Gasteiger partial charge in [-0.3, -0.25) is 0 Å². The maximum atomic E-state index is 9.82. The van der Waals surface area contributed by atoms with Gasteiger partial charge in [0.1, 0.15) is 30.2 Å². The van der Waals surface area contributed by atoms with Gasteiger partial charge in [-0.05, 0) is 29.7 Å².